The maximum atomic E-state index is 12.7. The molecule has 10 heteroatoms. The third-order valence-electron chi connectivity index (χ3n) is 5.30. The van der Waals surface area contributed by atoms with Crippen LogP contribution in [0.3, 0.4) is 0 Å². The van der Waals surface area contributed by atoms with Gasteiger partial charge in [0.05, 0.1) is 15.5 Å². The zero-order valence-corrected chi connectivity index (χ0v) is 19.0. The van der Waals surface area contributed by atoms with Crippen molar-refractivity contribution in [2.45, 2.75) is 13.3 Å². The molecule has 1 saturated heterocycles. The van der Waals surface area contributed by atoms with E-state index in [0.717, 1.165) is 27.6 Å². The smallest absolute Gasteiger partial charge is 0.265 e. The van der Waals surface area contributed by atoms with Crippen molar-refractivity contribution in [3.8, 4) is 0 Å². The highest BCUT2D eigenvalue weighted by Crippen LogP contribution is 2.37. The van der Waals surface area contributed by atoms with Crippen LogP contribution in [0, 0.1) is 12.8 Å². The van der Waals surface area contributed by atoms with E-state index in [1.807, 2.05) is 6.07 Å². The fourth-order valence-corrected chi connectivity index (χ4v) is 5.93. The number of hydrogen-bond acceptors (Lipinski definition) is 8. The minimum absolute atomic E-state index is 0.0177. The van der Waals surface area contributed by atoms with Crippen LogP contribution in [0.1, 0.15) is 22.0 Å². The van der Waals surface area contributed by atoms with Crippen molar-refractivity contribution in [1.82, 2.24) is 14.9 Å². The van der Waals surface area contributed by atoms with Crippen LogP contribution in [0.2, 0.25) is 0 Å². The van der Waals surface area contributed by atoms with Gasteiger partial charge in [0.2, 0.25) is 5.91 Å². The molecule has 0 radical (unpaired) electrons. The molecule has 0 spiro atoms. The average Bonchev–Trinajstić information content (AvgIpc) is 3.48. The average molecular weight is 456 g/mol. The van der Waals surface area contributed by atoms with E-state index < -0.39 is 0 Å². The van der Waals surface area contributed by atoms with Gasteiger partial charge in [-0.2, -0.15) is 0 Å². The first-order chi connectivity index (χ1) is 14.9. The first-order valence-electron chi connectivity index (χ1n) is 9.92. The van der Waals surface area contributed by atoms with Gasteiger partial charge in [0.1, 0.15) is 10.3 Å². The van der Waals surface area contributed by atoms with E-state index in [1.165, 1.54) is 11.3 Å². The number of amides is 2. The van der Waals surface area contributed by atoms with Crippen molar-refractivity contribution in [3.63, 3.8) is 0 Å². The fourth-order valence-electron chi connectivity index (χ4n) is 3.78. The summed E-state index contributed by atoms with van der Waals surface area (Å²) in [7, 11) is 3.59. The summed E-state index contributed by atoms with van der Waals surface area (Å²) in [5.41, 5.74) is 2.08. The molecule has 4 aromatic rings. The zero-order chi connectivity index (χ0) is 21.7. The van der Waals surface area contributed by atoms with Crippen LogP contribution in [0.15, 0.2) is 28.7 Å². The minimum Gasteiger partial charge on any atom is -0.441 e. The number of benzene rings is 1. The van der Waals surface area contributed by atoms with E-state index in [9.17, 15) is 9.59 Å². The molecular formula is C21H21N5O3S2. The molecule has 0 unspecified atom stereocenters. The van der Waals surface area contributed by atoms with Gasteiger partial charge < -0.3 is 19.5 Å². The Kier molecular flexibility index (Phi) is 4.90. The molecule has 1 aliphatic heterocycles. The molecule has 31 heavy (non-hydrogen) atoms. The Morgan fingerprint density at radius 2 is 2.06 bits per heavy atom. The van der Waals surface area contributed by atoms with Crippen LogP contribution in [0.5, 0.6) is 0 Å². The van der Waals surface area contributed by atoms with E-state index in [4.69, 9.17) is 9.40 Å². The predicted molar refractivity (Wildman–Crippen MR) is 123 cm³/mol. The molecule has 1 N–H and O–H groups in total. The van der Waals surface area contributed by atoms with Crippen LogP contribution >= 0.6 is 22.7 Å². The number of fused-ring (bicyclic) bond motifs is 2. The Balaban J connectivity index is 1.30. The number of hydrogen-bond donors (Lipinski definition) is 1. The summed E-state index contributed by atoms with van der Waals surface area (Å²) in [6, 6.07) is 7.29. The van der Waals surface area contributed by atoms with Crippen LogP contribution < -0.4 is 10.2 Å². The maximum Gasteiger partial charge on any atom is 0.265 e. The van der Waals surface area contributed by atoms with Crippen LogP contribution in [0.4, 0.5) is 10.8 Å². The number of anilines is 2. The molecule has 1 aromatic carbocycles. The number of carbonyl (C=O) groups excluding carboxylic acids is 2. The summed E-state index contributed by atoms with van der Waals surface area (Å²) in [4.78, 5) is 39.2. The van der Waals surface area contributed by atoms with Crippen molar-refractivity contribution < 1.29 is 14.0 Å². The molecule has 5 rings (SSSR count). The minimum atomic E-state index is -0.172. The van der Waals surface area contributed by atoms with Crippen LogP contribution in [0.25, 0.3) is 20.6 Å². The van der Waals surface area contributed by atoms with Crippen molar-refractivity contribution in [2.75, 3.05) is 37.4 Å². The van der Waals surface area contributed by atoms with Crippen molar-refractivity contribution in [2.24, 2.45) is 5.92 Å². The van der Waals surface area contributed by atoms with Gasteiger partial charge in [-0.1, -0.05) is 11.3 Å². The molecule has 2 amide bonds. The monoisotopic (exact) mass is 455 g/mol. The van der Waals surface area contributed by atoms with Crippen LogP contribution in [-0.2, 0) is 4.79 Å². The Labute approximate surface area is 186 Å². The highest BCUT2D eigenvalue weighted by Gasteiger charge is 2.31. The number of oxazole rings is 1. The third kappa shape index (κ3) is 3.77. The topological polar surface area (TPSA) is 91.6 Å². The first-order valence-corrected chi connectivity index (χ1v) is 11.6. The van der Waals surface area contributed by atoms with Gasteiger partial charge >= 0.3 is 0 Å². The molecule has 1 aliphatic rings. The predicted octanol–water partition coefficient (Wildman–Crippen LogP) is 3.97. The zero-order valence-electron chi connectivity index (χ0n) is 17.3. The number of aromatic nitrogens is 2. The molecular weight excluding hydrogens is 434 g/mol. The SMILES string of the molecule is Cc1nc2cc(NC(=O)c3cc4sc(N5CC[C@@H](C(=O)N(C)C)C5)nc4s3)ccc2o1. The second-order valence-electron chi connectivity index (χ2n) is 7.81. The highest BCUT2D eigenvalue weighted by molar-refractivity contribution is 7.29. The highest BCUT2D eigenvalue weighted by atomic mass is 32.1. The maximum absolute atomic E-state index is 12.7. The number of nitrogens with one attached hydrogen (secondary N) is 1. The Morgan fingerprint density at radius 1 is 1.23 bits per heavy atom. The van der Waals surface area contributed by atoms with E-state index in [2.05, 4.69) is 15.2 Å². The first kappa shape index (κ1) is 20.0. The lowest BCUT2D eigenvalue weighted by atomic mass is 10.1. The quantitative estimate of drug-likeness (QED) is 0.501. The standard InChI is InChI=1S/C21H21N5O3S2/c1-11-22-14-8-13(4-5-15(14)29-11)23-18(27)16-9-17-19(30-16)24-21(31-17)26-7-6-12(10-26)20(28)25(2)3/h4-5,8-9,12H,6-7,10H2,1-3H3,(H,23,27)/t12-/m1/s1. The number of rotatable bonds is 4. The largest absolute Gasteiger partial charge is 0.441 e. The number of aryl methyl sites for hydroxylation is 1. The van der Waals surface area contributed by atoms with Gasteiger partial charge in [0.15, 0.2) is 16.6 Å². The van der Waals surface area contributed by atoms with Gasteiger partial charge in [-0.05, 0) is 30.7 Å². The summed E-state index contributed by atoms with van der Waals surface area (Å²) in [5, 5.41) is 3.83. The second-order valence-corrected chi connectivity index (χ2v) is 9.85. The Morgan fingerprint density at radius 3 is 2.84 bits per heavy atom. The van der Waals surface area contributed by atoms with E-state index >= 15 is 0 Å². The molecule has 3 aromatic heterocycles. The Bertz CT molecular complexity index is 1270. The lowest BCUT2D eigenvalue weighted by Crippen LogP contribution is -2.31. The molecule has 4 heterocycles. The van der Waals surface area contributed by atoms with Crippen molar-refractivity contribution in [3.05, 3.63) is 35.0 Å². The summed E-state index contributed by atoms with van der Waals surface area (Å²) < 4.78 is 6.45. The normalized spacial score (nSPS) is 16.4. The van der Waals surface area contributed by atoms with Gasteiger partial charge in [-0.3, -0.25) is 9.59 Å². The van der Waals surface area contributed by atoms with Crippen molar-refractivity contribution in [1.29, 1.82) is 0 Å². The number of carbonyl (C=O) groups is 2. The summed E-state index contributed by atoms with van der Waals surface area (Å²) >= 11 is 2.94. The number of nitrogens with zero attached hydrogens (tertiary/aromatic N) is 4. The summed E-state index contributed by atoms with van der Waals surface area (Å²) in [5.74, 6) is 0.603. The third-order valence-corrected chi connectivity index (χ3v) is 7.52. The molecule has 0 saturated carbocycles. The molecule has 1 atom stereocenters. The van der Waals surface area contributed by atoms with Crippen LogP contribution in [-0.4, -0.2) is 53.9 Å². The second kappa shape index (κ2) is 7.61. The Hall–Kier alpha value is -2.98. The fraction of sp³-hybridized carbons (Fsp3) is 0.333. The molecule has 8 nitrogen and oxygen atoms in total. The van der Waals surface area contributed by atoms with E-state index in [-0.39, 0.29) is 17.7 Å². The van der Waals surface area contributed by atoms with E-state index in [0.29, 0.717) is 34.1 Å². The summed E-state index contributed by atoms with van der Waals surface area (Å²) in [6.07, 6.45) is 0.841. The van der Waals surface area contributed by atoms with Gasteiger partial charge in [0, 0.05) is 39.8 Å². The molecule has 0 bridgehead atoms. The summed E-state index contributed by atoms with van der Waals surface area (Å²) in [6.45, 7) is 3.30. The van der Waals surface area contributed by atoms with Crippen molar-refractivity contribution >= 4 is 65.9 Å². The molecule has 0 aliphatic carbocycles. The lowest BCUT2D eigenvalue weighted by molar-refractivity contribution is -0.132. The number of thiazole rings is 1. The van der Waals surface area contributed by atoms with E-state index in [1.54, 1.807) is 55.5 Å². The molecule has 1 fully saturated rings. The van der Waals surface area contributed by atoms with Gasteiger partial charge in [-0.15, -0.1) is 11.3 Å². The van der Waals surface area contributed by atoms with Gasteiger partial charge in [-0.25, -0.2) is 9.97 Å². The number of thiophene rings is 1. The van der Waals surface area contributed by atoms with Gasteiger partial charge in [0.25, 0.3) is 5.91 Å². The molecule has 160 valence electrons. The lowest BCUT2D eigenvalue weighted by Gasteiger charge is -2.17.